The van der Waals surface area contributed by atoms with E-state index in [4.69, 9.17) is 5.73 Å². The van der Waals surface area contributed by atoms with Crippen LogP contribution in [0.1, 0.15) is 25.5 Å². The molecule has 5 heteroatoms. The number of carbonyl (C=O) groups excluding carboxylic acids is 1. The van der Waals surface area contributed by atoms with Crippen LogP contribution in [0.15, 0.2) is 30.3 Å². The normalized spacial score (nSPS) is 12.5. The standard InChI is InChI=1S/C12H18N2O2.ClH/c1-12(2,13)11(16)14-8-10(15)9-6-4-3-5-7-9;/h3-7,10,15H,8,13H2,1-2H3,(H,14,16);1H. The highest BCUT2D eigenvalue weighted by Crippen LogP contribution is 2.10. The third-order valence-electron chi connectivity index (χ3n) is 2.23. The molecule has 1 amide bonds. The third-order valence-corrected chi connectivity index (χ3v) is 2.23. The van der Waals surface area contributed by atoms with E-state index in [2.05, 4.69) is 5.32 Å². The van der Waals surface area contributed by atoms with Crippen LogP contribution >= 0.6 is 12.4 Å². The third kappa shape index (κ3) is 5.17. The second-order valence-electron chi connectivity index (χ2n) is 4.36. The van der Waals surface area contributed by atoms with Crippen LogP contribution in [0.4, 0.5) is 0 Å². The number of amides is 1. The van der Waals surface area contributed by atoms with Gasteiger partial charge in [0.25, 0.3) is 0 Å². The number of hydrogen-bond acceptors (Lipinski definition) is 3. The van der Waals surface area contributed by atoms with Gasteiger partial charge in [0.15, 0.2) is 0 Å². The molecule has 0 aliphatic rings. The molecule has 1 aromatic carbocycles. The van der Waals surface area contributed by atoms with Crippen LogP contribution < -0.4 is 11.1 Å². The first kappa shape index (κ1) is 15.9. The summed E-state index contributed by atoms with van der Waals surface area (Å²) < 4.78 is 0. The molecule has 1 atom stereocenters. The topological polar surface area (TPSA) is 75.4 Å². The molecule has 0 saturated carbocycles. The molecule has 4 N–H and O–H groups in total. The summed E-state index contributed by atoms with van der Waals surface area (Å²) in [7, 11) is 0. The average Bonchev–Trinajstić information content (AvgIpc) is 2.25. The first-order chi connectivity index (χ1) is 7.41. The second-order valence-corrected chi connectivity index (χ2v) is 4.36. The van der Waals surface area contributed by atoms with Crippen LogP contribution in [0.3, 0.4) is 0 Å². The molecule has 4 nitrogen and oxygen atoms in total. The maximum Gasteiger partial charge on any atom is 0.239 e. The zero-order chi connectivity index (χ0) is 12.2. The van der Waals surface area contributed by atoms with Crippen molar-refractivity contribution in [2.75, 3.05) is 6.54 Å². The van der Waals surface area contributed by atoms with E-state index in [1.165, 1.54) is 0 Å². The monoisotopic (exact) mass is 258 g/mol. The van der Waals surface area contributed by atoms with Crippen LogP contribution in [-0.4, -0.2) is 23.1 Å². The summed E-state index contributed by atoms with van der Waals surface area (Å²) in [6.45, 7) is 3.41. The fourth-order valence-corrected chi connectivity index (χ4v) is 1.21. The summed E-state index contributed by atoms with van der Waals surface area (Å²) in [6, 6.07) is 9.17. The van der Waals surface area contributed by atoms with Gasteiger partial charge in [-0.25, -0.2) is 0 Å². The largest absolute Gasteiger partial charge is 0.387 e. The Balaban J connectivity index is 0.00000256. The molecule has 0 bridgehead atoms. The highest BCUT2D eigenvalue weighted by molar-refractivity contribution is 5.85. The number of aliphatic hydroxyl groups excluding tert-OH is 1. The van der Waals surface area contributed by atoms with Crippen molar-refractivity contribution in [3.05, 3.63) is 35.9 Å². The molecule has 0 spiro atoms. The minimum absolute atomic E-state index is 0. The quantitative estimate of drug-likeness (QED) is 0.754. The zero-order valence-electron chi connectivity index (χ0n) is 10.0. The maximum absolute atomic E-state index is 11.5. The van der Waals surface area contributed by atoms with Crippen molar-refractivity contribution < 1.29 is 9.90 Å². The number of rotatable bonds is 4. The minimum atomic E-state index is -0.920. The number of aliphatic hydroxyl groups is 1. The number of hydrogen-bond donors (Lipinski definition) is 3. The van der Waals surface area contributed by atoms with E-state index in [1.807, 2.05) is 30.3 Å². The predicted molar refractivity (Wildman–Crippen MR) is 69.9 cm³/mol. The lowest BCUT2D eigenvalue weighted by molar-refractivity contribution is -0.125. The molecule has 1 unspecified atom stereocenters. The molecule has 0 saturated heterocycles. The fourth-order valence-electron chi connectivity index (χ4n) is 1.21. The van der Waals surface area contributed by atoms with E-state index < -0.39 is 11.6 Å². The number of benzene rings is 1. The fraction of sp³-hybridized carbons (Fsp3) is 0.417. The Hall–Kier alpha value is -1.10. The summed E-state index contributed by atoms with van der Waals surface area (Å²) in [5, 5.41) is 12.4. The molecule has 96 valence electrons. The van der Waals surface area contributed by atoms with E-state index in [9.17, 15) is 9.90 Å². The van der Waals surface area contributed by atoms with Crippen molar-refractivity contribution in [1.29, 1.82) is 0 Å². The summed E-state index contributed by atoms with van der Waals surface area (Å²) in [4.78, 5) is 11.5. The summed E-state index contributed by atoms with van der Waals surface area (Å²) in [5.41, 5.74) is 5.47. The molecular weight excluding hydrogens is 240 g/mol. The van der Waals surface area contributed by atoms with Crippen molar-refractivity contribution in [3.8, 4) is 0 Å². The highest BCUT2D eigenvalue weighted by Gasteiger charge is 2.22. The molecule has 0 aliphatic heterocycles. The summed E-state index contributed by atoms with van der Waals surface area (Å²) in [6.07, 6.45) is -0.701. The zero-order valence-corrected chi connectivity index (χ0v) is 10.8. The second kappa shape index (κ2) is 6.59. The van der Waals surface area contributed by atoms with Gasteiger partial charge in [-0.3, -0.25) is 4.79 Å². The molecule has 0 radical (unpaired) electrons. The number of nitrogens with two attached hydrogens (primary N) is 1. The highest BCUT2D eigenvalue weighted by atomic mass is 35.5. The molecular formula is C12H19ClN2O2. The van der Waals surface area contributed by atoms with Gasteiger partial charge in [0.05, 0.1) is 11.6 Å². The molecule has 0 aliphatic carbocycles. The first-order valence-electron chi connectivity index (χ1n) is 5.21. The Kier molecular flexibility index (Phi) is 6.16. The van der Waals surface area contributed by atoms with Crippen molar-refractivity contribution >= 4 is 18.3 Å². The molecule has 0 aromatic heterocycles. The SMILES string of the molecule is CC(C)(N)C(=O)NCC(O)c1ccccc1.Cl. The average molecular weight is 259 g/mol. The van der Waals surface area contributed by atoms with Crippen LogP contribution in [-0.2, 0) is 4.79 Å². The molecule has 0 fully saturated rings. The Morgan fingerprint density at radius 1 is 1.41 bits per heavy atom. The van der Waals surface area contributed by atoms with Crippen LogP contribution in [0.25, 0.3) is 0 Å². The van der Waals surface area contributed by atoms with Crippen molar-refractivity contribution in [2.24, 2.45) is 5.73 Å². The molecule has 0 heterocycles. The van der Waals surface area contributed by atoms with Crippen LogP contribution in [0, 0.1) is 0 Å². The van der Waals surface area contributed by atoms with Gasteiger partial charge in [0.2, 0.25) is 5.91 Å². The van der Waals surface area contributed by atoms with Gasteiger partial charge >= 0.3 is 0 Å². The Labute approximate surface area is 108 Å². The first-order valence-corrected chi connectivity index (χ1v) is 5.21. The molecule has 17 heavy (non-hydrogen) atoms. The van der Waals surface area contributed by atoms with E-state index in [0.29, 0.717) is 0 Å². The smallest absolute Gasteiger partial charge is 0.239 e. The van der Waals surface area contributed by atoms with Crippen molar-refractivity contribution in [1.82, 2.24) is 5.32 Å². The van der Waals surface area contributed by atoms with E-state index in [1.54, 1.807) is 13.8 Å². The van der Waals surface area contributed by atoms with Crippen molar-refractivity contribution in [2.45, 2.75) is 25.5 Å². The van der Waals surface area contributed by atoms with Gasteiger partial charge < -0.3 is 16.2 Å². The Morgan fingerprint density at radius 2 is 1.94 bits per heavy atom. The van der Waals surface area contributed by atoms with E-state index in [0.717, 1.165) is 5.56 Å². The maximum atomic E-state index is 11.5. The number of nitrogens with one attached hydrogen (secondary N) is 1. The van der Waals surface area contributed by atoms with Crippen LogP contribution in [0.2, 0.25) is 0 Å². The predicted octanol–water partition coefficient (Wildman–Crippen LogP) is 0.995. The van der Waals surface area contributed by atoms with Gasteiger partial charge in [-0.2, -0.15) is 0 Å². The number of carbonyl (C=O) groups is 1. The Morgan fingerprint density at radius 3 is 2.41 bits per heavy atom. The number of halogens is 1. The summed E-state index contributed by atoms with van der Waals surface area (Å²) in [5.74, 6) is -0.275. The van der Waals surface area contributed by atoms with E-state index >= 15 is 0 Å². The van der Waals surface area contributed by atoms with Gasteiger partial charge in [-0.05, 0) is 19.4 Å². The minimum Gasteiger partial charge on any atom is -0.387 e. The van der Waals surface area contributed by atoms with Crippen molar-refractivity contribution in [3.63, 3.8) is 0 Å². The lowest BCUT2D eigenvalue weighted by Gasteiger charge is -2.19. The lowest BCUT2D eigenvalue weighted by atomic mass is 10.1. The van der Waals surface area contributed by atoms with Gasteiger partial charge in [0.1, 0.15) is 0 Å². The molecule has 1 aromatic rings. The Bertz CT molecular complexity index is 349. The van der Waals surface area contributed by atoms with Gasteiger partial charge in [-0.15, -0.1) is 12.4 Å². The molecule has 1 rings (SSSR count). The summed E-state index contributed by atoms with van der Waals surface area (Å²) >= 11 is 0. The van der Waals surface area contributed by atoms with Crippen LogP contribution in [0.5, 0.6) is 0 Å². The lowest BCUT2D eigenvalue weighted by Crippen LogP contribution is -2.49. The van der Waals surface area contributed by atoms with Gasteiger partial charge in [-0.1, -0.05) is 30.3 Å². The van der Waals surface area contributed by atoms with E-state index in [-0.39, 0.29) is 24.9 Å². The van der Waals surface area contributed by atoms with Gasteiger partial charge in [0, 0.05) is 6.54 Å².